The lowest BCUT2D eigenvalue weighted by Crippen LogP contribution is -2.16. The second-order valence-corrected chi connectivity index (χ2v) is 4.81. The molecule has 0 saturated carbocycles. The summed E-state index contributed by atoms with van der Waals surface area (Å²) in [5, 5.41) is 3.31. The SMILES string of the molecule is CCNc1ncnc(N(C)c2cccc(C)c2)c1CC. The van der Waals surface area contributed by atoms with Crippen molar-refractivity contribution in [3.8, 4) is 0 Å². The summed E-state index contributed by atoms with van der Waals surface area (Å²) >= 11 is 0. The van der Waals surface area contributed by atoms with E-state index in [9.17, 15) is 0 Å². The van der Waals surface area contributed by atoms with Gasteiger partial charge in [0.1, 0.15) is 18.0 Å². The van der Waals surface area contributed by atoms with Crippen molar-refractivity contribution in [1.29, 1.82) is 0 Å². The first-order valence-electron chi connectivity index (χ1n) is 7.05. The van der Waals surface area contributed by atoms with Gasteiger partial charge in [0, 0.05) is 24.8 Å². The highest BCUT2D eigenvalue weighted by molar-refractivity contribution is 5.67. The van der Waals surface area contributed by atoms with Crippen LogP contribution >= 0.6 is 0 Å². The molecule has 0 aliphatic heterocycles. The number of aryl methyl sites for hydroxylation is 1. The van der Waals surface area contributed by atoms with Gasteiger partial charge < -0.3 is 10.2 Å². The van der Waals surface area contributed by atoms with E-state index in [2.05, 4.69) is 65.2 Å². The summed E-state index contributed by atoms with van der Waals surface area (Å²) in [4.78, 5) is 10.9. The summed E-state index contributed by atoms with van der Waals surface area (Å²) in [5.41, 5.74) is 3.53. The number of hydrogen-bond donors (Lipinski definition) is 1. The highest BCUT2D eigenvalue weighted by Crippen LogP contribution is 2.29. The molecule has 0 atom stereocenters. The van der Waals surface area contributed by atoms with Crippen molar-refractivity contribution >= 4 is 17.3 Å². The van der Waals surface area contributed by atoms with Gasteiger partial charge in [-0.25, -0.2) is 9.97 Å². The Bertz CT molecular complexity index is 580. The van der Waals surface area contributed by atoms with Gasteiger partial charge in [0.15, 0.2) is 0 Å². The fraction of sp³-hybridized carbons (Fsp3) is 0.375. The number of rotatable bonds is 5. The monoisotopic (exact) mass is 270 g/mol. The minimum Gasteiger partial charge on any atom is -0.370 e. The van der Waals surface area contributed by atoms with Crippen LogP contribution in [0.4, 0.5) is 17.3 Å². The molecule has 1 aromatic heterocycles. The third kappa shape index (κ3) is 2.90. The van der Waals surface area contributed by atoms with Gasteiger partial charge in [0.25, 0.3) is 0 Å². The molecular weight excluding hydrogens is 248 g/mol. The number of anilines is 3. The maximum Gasteiger partial charge on any atom is 0.141 e. The molecule has 2 rings (SSSR count). The van der Waals surface area contributed by atoms with Crippen LogP contribution in [0.5, 0.6) is 0 Å². The zero-order valence-corrected chi connectivity index (χ0v) is 12.6. The molecule has 1 aromatic carbocycles. The Hall–Kier alpha value is -2.10. The molecule has 0 spiro atoms. The highest BCUT2D eigenvalue weighted by Gasteiger charge is 2.14. The van der Waals surface area contributed by atoms with E-state index in [4.69, 9.17) is 0 Å². The van der Waals surface area contributed by atoms with Crippen LogP contribution in [-0.4, -0.2) is 23.6 Å². The Labute approximate surface area is 120 Å². The molecule has 0 amide bonds. The van der Waals surface area contributed by atoms with Crippen molar-refractivity contribution in [2.24, 2.45) is 0 Å². The van der Waals surface area contributed by atoms with E-state index in [-0.39, 0.29) is 0 Å². The van der Waals surface area contributed by atoms with Crippen LogP contribution in [-0.2, 0) is 6.42 Å². The average Bonchev–Trinajstić information content (AvgIpc) is 2.46. The molecule has 2 aromatic rings. The molecule has 106 valence electrons. The number of aromatic nitrogens is 2. The quantitative estimate of drug-likeness (QED) is 0.902. The lowest BCUT2D eigenvalue weighted by molar-refractivity contribution is 0.988. The first-order chi connectivity index (χ1) is 9.67. The van der Waals surface area contributed by atoms with Gasteiger partial charge in [0.05, 0.1) is 0 Å². The van der Waals surface area contributed by atoms with Gasteiger partial charge in [0.2, 0.25) is 0 Å². The Balaban J connectivity index is 2.43. The summed E-state index contributed by atoms with van der Waals surface area (Å²) in [5.74, 6) is 1.89. The molecule has 0 unspecified atom stereocenters. The van der Waals surface area contributed by atoms with E-state index in [1.54, 1.807) is 6.33 Å². The molecule has 1 heterocycles. The third-order valence-electron chi connectivity index (χ3n) is 3.33. The van der Waals surface area contributed by atoms with Crippen LogP contribution < -0.4 is 10.2 Å². The molecule has 4 nitrogen and oxygen atoms in total. The van der Waals surface area contributed by atoms with Crippen LogP contribution in [0, 0.1) is 6.92 Å². The number of nitrogens with one attached hydrogen (secondary N) is 1. The van der Waals surface area contributed by atoms with Gasteiger partial charge in [-0.05, 0) is 38.0 Å². The van der Waals surface area contributed by atoms with Crippen LogP contribution in [0.3, 0.4) is 0 Å². The smallest absolute Gasteiger partial charge is 0.141 e. The fourth-order valence-corrected chi connectivity index (χ4v) is 2.30. The molecule has 0 fully saturated rings. The molecule has 0 radical (unpaired) electrons. The minimum absolute atomic E-state index is 0.859. The minimum atomic E-state index is 0.859. The summed E-state index contributed by atoms with van der Waals surface area (Å²) in [6, 6.07) is 8.43. The van der Waals surface area contributed by atoms with E-state index >= 15 is 0 Å². The Morgan fingerprint density at radius 2 is 2.00 bits per heavy atom. The molecule has 0 aliphatic rings. The number of hydrogen-bond acceptors (Lipinski definition) is 4. The fourth-order valence-electron chi connectivity index (χ4n) is 2.30. The summed E-state index contributed by atoms with van der Waals surface area (Å²) in [6.07, 6.45) is 2.52. The normalized spacial score (nSPS) is 10.4. The number of benzene rings is 1. The molecule has 1 N–H and O–H groups in total. The van der Waals surface area contributed by atoms with E-state index in [0.29, 0.717) is 0 Å². The lowest BCUT2D eigenvalue weighted by Gasteiger charge is -2.22. The van der Waals surface area contributed by atoms with Gasteiger partial charge in [-0.15, -0.1) is 0 Å². The first-order valence-corrected chi connectivity index (χ1v) is 7.05. The van der Waals surface area contributed by atoms with Crippen LogP contribution in [0.25, 0.3) is 0 Å². The Morgan fingerprint density at radius 1 is 1.20 bits per heavy atom. The third-order valence-corrected chi connectivity index (χ3v) is 3.33. The Kier molecular flexibility index (Phi) is 4.56. The van der Waals surface area contributed by atoms with Gasteiger partial charge in [-0.1, -0.05) is 19.1 Å². The van der Waals surface area contributed by atoms with Crippen LogP contribution in [0.2, 0.25) is 0 Å². The largest absolute Gasteiger partial charge is 0.370 e. The topological polar surface area (TPSA) is 41.1 Å². The van der Waals surface area contributed by atoms with Crippen molar-refractivity contribution in [2.75, 3.05) is 23.8 Å². The van der Waals surface area contributed by atoms with Crippen LogP contribution in [0.1, 0.15) is 25.0 Å². The maximum atomic E-state index is 4.47. The van der Waals surface area contributed by atoms with Gasteiger partial charge in [-0.3, -0.25) is 0 Å². The lowest BCUT2D eigenvalue weighted by atomic mass is 10.1. The second-order valence-electron chi connectivity index (χ2n) is 4.81. The first kappa shape index (κ1) is 14.3. The van der Waals surface area contributed by atoms with Crippen molar-refractivity contribution < 1.29 is 0 Å². The van der Waals surface area contributed by atoms with Crippen molar-refractivity contribution in [2.45, 2.75) is 27.2 Å². The molecule has 0 bridgehead atoms. The van der Waals surface area contributed by atoms with Crippen LogP contribution in [0.15, 0.2) is 30.6 Å². The number of nitrogens with zero attached hydrogens (tertiary/aromatic N) is 3. The van der Waals surface area contributed by atoms with Crippen molar-refractivity contribution in [1.82, 2.24) is 9.97 Å². The van der Waals surface area contributed by atoms with Crippen molar-refractivity contribution in [3.63, 3.8) is 0 Å². The van der Waals surface area contributed by atoms with E-state index in [1.807, 2.05) is 7.05 Å². The molecule has 0 saturated heterocycles. The maximum absolute atomic E-state index is 4.47. The zero-order chi connectivity index (χ0) is 14.5. The molecular formula is C16H22N4. The predicted molar refractivity (Wildman–Crippen MR) is 84.8 cm³/mol. The summed E-state index contributed by atoms with van der Waals surface area (Å²) < 4.78 is 0. The molecule has 0 aliphatic carbocycles. The average molecular weight is 270 g/mol. The van der Waals surface area contributed by atoms with E-state index in [0.717, 1.165) is 35.9 Å². The summed E-state index contributed by atoms with van der Waals surface area (Å²) in [6.45, 7) is 7.17. The zero-order valence-electron chi connectivity index (χ0n) is 12.6. The standard InChI is InChI=1S/C16H22N4/c1-5-14-15(17-6-2)18-11-19-16(14)20(4)13-9-7-8-12(3)10-13/h7-11H,5-6H2,1-4H3,(H,17,18,19). The predicted octanol–water partition coefficient (Wildman–Crippen LogP) is 3.55. The molecule has 20 heavy (non-hydrogen) atoms. The summed E-state index contributed by atoms with van der Waals surface area (Å²) in [7, 11) is 2.05. The van der Waals surface area contributed by atoms with Gasteiger partial charge >= 0.3 is 0 Å². The molecule has 4 heteroatoms. The second kappa shape index (κ2) is 6.37. The van der Waals surface area contributed by atoms with E-state index < -0.39 is 0 Å². The van der Waals surface area contributed by atoms with Crippen molar-refractivity contribution in [3.05, 3.63) is 41.7 Å². The van der Waals surface area contributed by atoms with E-state index in [1.165, 1.54) is 5.56 Å². The van der Waals surface area contributed by atoms with Gasteiger partial charge in [-0.2, -0.15) is 0 Å². The Morgan fingerprint density at radius 3 is 2.65 bits per heavy atom. The highest BCUT2D eigenvalue weighted by atomic mass is 15.2.